The maximum atomic E-state index is 11.0. The Hall–Kier alpha value is -1.75. The van der Waals surface area contributed by atoms with Crippen molar-refractivity contribution in [2.45, 2.75) is 24.5 Å². The summed E-state index contributed by atoms with van der Waals surface area (Å²) in [4.78, 5) is 12.1. The van der Waals surface area contributed by atoms with Gasteiger partial charge in [0.15, 0.2) is 5.69 Å². The molecule has 0 saturated carbocycles. The lowest BCUT2D eigenvalue weighted by Crippen LogP contribution is -2.00. The van der Waals surface area contributed by atoms with Crippen LogP contribution in [0.4, 0.5) is 0 Å². The van der Waals surface area contributed by atoms with E-state index in [4.69, 9.17) is 9.63 Å². The zero-order valence-electron chi connectivity index (χ0n) is 10.1. The second kappa shape index (κ2) is 5.27. The molecule has 0 aliphatic heterocycles. The van der Waals surface area contributed by atoms with Crippen molar-refractivity contribution in [1.29, 1.82) is 0 Å². The van der Waals surface area contributed by atoms with Crippen molar-refractivity contribution in [3.05, 3.63) is 46.8 Å². The van der Waals surface area contributed by atoms with E-state index in [1.54, 1.807) is 18.7 Å². The molecule has 0 fully saturated rings. The Morgan fingerprint density at radius 2 is 2.00 bits per heavy atom. The van der Waals surface area contributed by atoms with E-state index in [0.717, 1.165) is 4.90 Å². The zero-order chi connectivity index (χ0) is 13.1. The van der Waals surface area contributed by atoms with Crippen LogP contribution in [0, 0.1) is 13.8 Å². The van der Waals surface area contributed by atoms with Gasteiger partial charge in [0, 0.05) is 16.2 Å². The van der Waals surface area contributed by atoms with E-state index in [1.807, 2.05) is 31.2 Å². The largest absolute Gasteiger partial charge is 0.476 e. The minimum Gasteiger partial charge on any atom is -0.476 e. The van der Waals surface area contributed by atoms with Gasteiger partial charge in [-0.3, -0.25) is 0 Å². The van der Waals surface area contributed by atoms with Gasteiger partial charge in [-0.15, -0.1) is 11.8 Å². The Kier molecular flexibility index (Phi) is 3.72. The molecule has 1 heterocycles. The lowest BCUT2D eigenvalue weighted by Gasteiger charge is -2.01. The maximum Gasteiger partial charge on any atom is 0.358 e. The predicted octanol–water partition coefficient (Wildman–Crippen LogP) is 3.28. The lowest BCUT2D eigenvalue weighted by molar-refractivity contribution is 0.0685. The summed E-state index contributed by atoms with van der Waals surface area (Å²) in [5.74, 6) is 0.0541. The van der Waals surface area contributed by atoms with E-state index in [9.17, 15) is 4.79 Å². The van der Waals surface area contributed by atoms with Gasteiger partial charge in [0.25, 0.3) is 0 Å². The Labute approximate surface area is 109 Å². The first-order valence-electron chi connectivity index (χ1n) is 5.46. The van der Waals surface area contributed by atoms with E-state index in [2.05, 4.69) is 5.16 Å². The number of hydrogen-bond acceptors (Lipinski definition) is 4. The van der Waals surface area contributed by atoms with Gasteiger partial charge < -0.3 is 9.63 Å². The third-order valence-corrected chi connectivity index (χ3v) is 3.63. The van der Waals surface area contributed by atoms with Crippen molar-refractivity contribution >= 4 is 17.7 Å². The van der Waals surface area contributed by atoms with E-state index < -0.39 is 5.97 Å². The number of hydrogen-bond donors (Lipinski definition) is 1. The van der Waals surface area contributed by atoms with E-state index in [-0.39, 0.29) is 5.69 Å². The van der Waals surface area contributed by atoms with Crippen LogP contribution >= 0.6 is 11.8 Å². The Morgan fingerprint density at radius 3 is 2.61 bits per heavy atom. The van der Waals surface area contributed by atoms with Gasteiger partial charge >= 0.3 is 5.97 Å². The van der Waals surface area contributed by atoms with Gasteiger partial charge in [-0.25, -0.2) is 4.79 Å². The van der Waals surface area contributed by atoms with Crippen LogP contribution in [0.1, 0.15) is 27.4 Å². The normalized spacial score (nSPS) is 10.6. The summed E-state index contributed by atoms with van der Waals surface area (Å²) < 4.78 is 4.92. The lowest BCUT2D eigenvalue weighted by atomic mass is 10.2. The number of benzene rings is 1. The van der Waals surface area contributed by atoms with Crippen molar-refractivity contribution in [3.8, 4) is 0 Å². The highest BCUT2D eigenvalue weighted by Crippen LogP contribution is 2.26. The fourth-order valence-electron chi connectivity index (χ4n) is 1.52. The van der Waals surface area contributed by atoms with Gasteiger partial charge in [0.1, 0.15) is 5.76 Å². The predicted molar refractivity (Wildman–Crippen MR) is 68.9 cm³/mol. The second-order valence-electron chi connectivity index (χ2n) is 3.97. The second-order valence-corrected chi connectivity index (χ2v) is 5.02. The molecular formula is C13H13NO3S. The molecule has 0 aliphatic carbocycles. The van der Waals surface area contributed by atoms with E-state index in [0.29, 0.717) is 17.1 Å². The van der Waals surface area contributed by atoms with Gasteiger partial charge in [-0.2, -0.15) is 0 Å². The minimum absolute atomic E-state index is 0.00658. The molecule has 0 unspecified atom stereocenters. The van der Waals surface area contributed by atoms with E-state index in [1.165, 1.54) is 5.56 Å². The molecule has 18 heavy (non-hydrogen) atoms. The van der Waals surface area contributed by atoms with Crippen LogP contribution in [0.5, 0.6) is 0 Å². The molecule has 2 rings (SSSR count). The number of carboxylic acid groups (broad SMARTS) is 1. The molecule has 0 amide bonds. The van der Waals surface area contributed by atoms with E-state index >= 15 is 0 Å². The number of carboxylic acids is 1. The van der Waals surface area contributed by atoms with Crippen molar-refractivity contribution in [2.24, 2.45) is 0 Å². The van der Waals surface area contributed by atoms with Crippen molar-refractivity contribution in [1.82, 2.24) is 5.16 Å². The van der Waals surface area contributed by atoms with Gasteiger partial charge in [0.05, 0.1) is 0 Å². The number of aryl methyl sites for hydroxylation is 2. The maximum absolute atomic E-state index is 11.0. The third-order valence-electron chi connectivity index (χ3n) is 2.59. The monoisotopic (exact) mass is 263 g/mol. The van der Waals surface area contributed by atoms with Crippen LogP contribution in [0.2, 0.25) is 0 Å². The summed E-state index contributed by atoms with van der Waals surface area (Å²) >= 11 is 1.57. The van der Waals surface area contributed by atoms with Gasteiger partial charge in [-0.1, -0.05) is 22.9 Å². The SMILES string of the molecule is Cc1ccc(SCc2c(C(=O)O)noc2C)cc1. The topological polar surface area (TPSA) is 63.3 Å². The first-order valence-corrected chi connectivity index (χ1v) is 6.44. The van der Waals surface area contributed by atoms with Gasteiger partial charge in [0.2, 0.25) is 0 Å². The number of rotatable bonds is 4. The molecule has 0 atom stereocenters. The molecule has 1 aromatic heterocycles. The first kappa shape index (κ1) is 12.7. The van der Waals surface area contributed by atoms with Crippen LogP contribution in [0.25, 0.3) is 0 Å². The molecule has 0 aliphatic rings. The molecular weight excluding hydrogens is 250 g/mol. The van der Waals surface area contributed by atoms with Crippen molar-refractivity contribution in [3.63, 3.8) is 0 Å². The molecule has 1 N–H and O–H groups in total. The molecule has 4 nitrogen and oxygen atoms in total. The van der Waals surface area contributed by atoms with Crippen molar-refractivity contribution < 1.29 is 14.4 Å². The highest BCUT2D eigenvalue weighted by Gasteiger charge is 2.18. The Bertz CT molecular complexity index is 560. The average molecular weight is 263 g/mol. The average Bonchev–Trinajstić information content (AvgIpc) is 2.70. The third kappa shape index (κ3) is 2.73. The highest BCUT2D eigenvalue weighted by molar-refractivity contribution is 7.98. The standard InChI is InChI=1S/C13H13NO3S/c1-8-3-5-10(6-4-8)18-7-11-9(2)17-14-12(11)13(15)16/h3-6H,7H2,1-2H3,(H,15,16). The molecule has 2 aromatic rings. The molecule has 0 bridgehead atoms. The number of nitrogens with zero attached hydrogens (tertiary/aromatic N) is 1. The number of thioether (sulfide) groups is 1. The molecule has 0 saturated heterocycles. The molecule has 5 heteroatoms. The van der Waals surface area contributed by atoms with Crippen LogP contribution in [-0.2, 0) is 5.75 Å². The fourth-order valence-corrected chi connectivity index (χ4v) is 2.50. The summed E-state index contributed by atoms with van der Waals surface area (Å²) in [5.41, 5.74) is 1.85. The Morgan fingerprint density at radius 1 is 1.33 bits per heavy atom. The summed E-state index contributed by atoms with van der Waals surface area (Å²) in [6.07, 6.45) is 0. The quantitative estimate of drug-likeness (QED) is 0.857. The summed E-state index contributed by atoms with van der Waals surface area (Å²) in [6.45, 7) is 3.76. The zero-order valence-corrected chi connectivity index (χ0v) is 11.0. The molecule has 1 aromatic carbocycles. The minimum atomic E-state index is -1.05. The number of carbonyl (C=O) groups is 1. The number of aromatic carboxylic acids is 1. The summed E-state index contributed by atoms with van der Waals surface area (Å²) in [6, 6.07) is 8.09. The summed E-state index contributed by atoms with van der Waals surface area (Å²) in [5, 5.41) is 12.5. The number of aromatic nitrogens is 1. The van der Waals surface area contributed by atoms with Crippen LogP contribution in [0.15, 0.2) is 33.7 Å². The fraction of sp³-hybridized carbons (Fsp3) is 0.231. The first-order chi connectivity index (χ1) is 8.58. The summed E-state index contributed by atoms with van der Waals surface area (Å²) in [7, 11) is 0. The van der Waals surface area contributed by atoms with Gasteiger partial charge in [-0.05, 0) is 26.0 Å². The molecule has 0 spiro atoms. The molecule has 94 valence electrons. The van der Waals surface area contributed by atoms with Crippen LogP contribution < -0.4 is 0 Å². The Balaban J connectivity index is 2.12. The smallest absolute Gasteiger partial charge is 0.358 e. The molecule has 0 radical (unpaired) electrons. The van der Waals surface area contributed by atoms with Crippen LogP contribution in [-0.4, -0.2) is 16.2 Å². The van der Waals surface area contributed by atoms with Crippen molar-refractivity contribution in [2.75, 3.05) is 0 Å². The highest BCUT2D eigenvalue weighted by atomic mass is 32.2. The van der Waals surface area contributed by atoms with Crippen LogP contribution in [0.3, 0.4) is 0 Å².